The minimum atomic E-state index is 0.0613. The number of carbonyl (C=O) groups is 1. The summed E-state index contributed by atoms with van der Waals surface area (Å²) < 4.78 is 5.62. The number of ether oxygens (including phenoxy) is 1. The molecule has 2 heterocycles. The summed E-state index contributed by atoms with van der Waals surface area (Å²) >= 11 is 0. The molecule has 2 aromatic rings. The molecule has 138 valence electrons. The topological polar surface area (TPSA) is 76.1 Å². The van der Waals surface area contributed by atoms with E-state index < -0.39 is 0 Å². The van der Waals surface area contributed by atoms with Gasteiger partial charge in [0.25, 0.3) is 0 Å². The molecule has 2 N–H and O–H groups in total. The van der Waals surface area contributed by atoms with Gasteiger partial charge in [0.1, 0.15) is 5.75 Å². The number of amides is 1. The normalized spacial score (nSPS) is 18.2. The molecule has 26 heavy (non-hydrogen) atoms. The Morgan fingerprint density at radius 2 is 2.19 bits per heavy atom. The van der Waals surface area contributed by atoms with E-state index in [1.807, 2.05) is 25.1 Å². The molecule has 0 radical (unpaired) electrons. The zero-order valence-electron chi connectivity index (χ0n) is 15.4. The van der Waals surface area contributed by atoms with Crippen molar-refractivity contribution >= 4 is 11.6 Å². The van der Waals surface area contributed by atoms with Gasteiger partial charge in [-0.25, -0.2) is 9.97 Å². The van der Waals surface area contributed by atoms with Crippen LogP contribution in [0.4, 0.5) is 5.69 Å². The molecule has 2 atom stereocenters. The van der Waals surface area contributed by atoms with Gasteiger partial charge in [0.05, 0.1) is 0 Å². The maximum absolute atomic E-state index is 12.4. The van der Waals surface area contributed by atoms with E-state index in [2.05, 4.69) is 27.5 Å². The Hall–Kier alpha value is -2.47. The molecule has 1 aromatic carbocycles. The second-order valence-electron chi connectivity index (χ2n) is 6.95. The molecule has 0 saturated carbocycles. The largest absolute Gasteiger partial charge is 0.424 e. The molecule has 0 bridgehead atoms. The first-order valence-corrected chi connectivity index (χ1v) is 9.18. The predicted octanol–water partition coefficient (Wildman–Crippen LogP) is 3.54. The number of aryl methyl sites for hydroxylation is 1. The van der Waals surface area contributed by atoms with Gasteiger partial charge in [-0.15, -0.1) is 0 Å². The molecule has 3 rings (SSSR count). The van der Waals surface area contributed by atoms with E-state index in [0.717, 1.165) is 24.3 Å². The monoisotopic (exact) mass is 354 g/mol. The second kappa shape index (κ2) is 8.76. The van der Waals surface area contributed by atoms with Crippen molar-refractivity contribution in [2.24, 2.45) is 11.8 Å². The highest BCUT2D eigenvalue weighted by atomic mass is 16.5. The van der Waals surface area contributed by atoms with Crippen LogP contribution in [0.5, 0.6) is 11.8 Å². The molecule has 6 heteroatoms. The first-order valence-electron chi connectivity index (χ1n) is 9.18. The van der Waals surface area contributed by atoms with Crippen molar-refractivity contribution < 1.29 is 9.53 Å². The Morgan fingerprint density at radius 1 is 1.38 bits per heavy atom. The number of rotatable bonds is 6. The van der Waals surface area contributed by atoms with Crippen molar-refractivity contribution in [3.05, 3.63) is 42.2 Å². The fourth-order valence-electron chi connectivity index (χ4n) is 3.31. The molecular weight excluding hydrogens is 328 g/mol. The van der Waals surface area contributed by atoms with Crippen molar-refractivity contribution in [2.45, 2.75) is 33.1 Å². The fraction of sp³-hybridized carbons (Fsp3) is 0.450. The first-order chi connectivity index (χ1) is 12.6. The highest BCUT2D eigenvalue weighted by Crippen LogP contribution is 2.26. The molecule has 1 fully saturated rings. The second-order valence-corrected chi connectivity index (χ2v) is 6.95. The van der Waals surface area contributed by atoms with Gasteiger partial charge in [-0.2, -0.15) is 0 Å². The molecule has 2 unspecified atom stereocenters. The van der Waals surface area contributed by atoms with E-state index >= 15 is 0 Å². The van der Waals surface area contributed by atoms with Crippen molar-refractivity contribution in [2.75, 3.05) is 18.4 Å². The zero-order chi connectivity index (χ0) is 18.4. The number of aromatic nitrogens is 2. The molecule has 1 saturated heterocycles. The summed E-state index contributed by atoms with van der Waals surface area (Å²) in [6.45, 7) is 6.22. The lowest BCUT2D eigenvalue weighted by Crippen LogP contribution is -2.34. The summed E-state index contributed by atoms with van der Waals surface area (Å²) in [5, 5.41) is 6.44. The smallest absolute Gasteiger partial charge is 0.321 e. The highest BCUT2D eigenvalue weighted by Gasteiger charge is 2.22. The number of piperidine rings is 1. The summed E-state index contributed by atoms with van der Waals surface area (Å²) in [5.41, 5.74) is 1.75. The van der Waals surface area contributed by atoms with Crippen LogP contribution in [0.2, 0.25) is 0 Å². The average Bonchev–Trinajstić information content (AvgIpc) is 2.65. The van der Waals surface area contributed by atoms with Crippen molar-refractivity contribution in [1.29, 1.82) is 0 Å². The van der Waals surface area contributed by atoms with Crippen molar-refractivity contribution in [1.82, 2.24) is 15.3 Å². The molecule has 1 amide bonds. The fourth-order valence-corrected chi connectivity index (χ4v) is 3.31. The minimum Gasteiger partial charge on any atom is -0.424 e. The Balaban J connectivity index is 1.56. The standard InChI is InChI=1S/C20H26N4O2/c1-14(16-5-3-8-21-13-16)12-19(25)24-18-7-6-17(11-15(18)2)26-20-22-9-4-10-23-20/h4,6-7,9-11,14,16,21H,3,5,8,12-13H2,1-2H3,(H,24,25). The zero-order valence-corrected chi connectivity index (χ0v) is 15.4. The summed E-state index contributed by atoms with van der Waals surface area (Å²) in [7, 11) is 0. The van der Waals surface area contributed by atoms with E-state index in [-0.39, 0.29) is 5.91 Å². The summed E-state index contributed by atoms with van der Waals surface area (Å²) in [5.74, 6) is 1.66. The number of anilines is 1. The SMILES string of the molecule is Cc1cc(Oc2ncccn2)ccc1NC(=O)CC(C)C1CCCNC1. The third-order valence-electron chi connectivity index (χ3n) is 4.87. The number of nitrogens with one attached hydrogen (secondary N) is 2. The van der Waals surface area contributed by atoms with Crippen LogP contribution >= 0.6 is 0 Å². The summed E-state index contributed by atoms with van der Waals surface area (Å²) in [6, 6.07) is 7.59. The molecule has 1 aliphatic heterocycles. The van der Waals surface area contributed by atoms with E-state index in [0.29, 0.717) is 30.0 Å². The number of hydrogen-bond donors (Lipinski definition) is 2. The predicted molar refractivity (Wildman–Crippen MR) is 101 cm³/mol. The van der Waals surface area contributed by atoms with E-state index in [1.165, 1.54) is 12.8 Å². The van der Waals surface area contributed by atoms with Crippen LogP contribution in [0.3, 0.4) is 0 Å². The lowest BCUT2D eigenvalue weighted by Gasteiger charge is -2.28. The van der Waals surface area contributed by atoms with Gasteiger partial charge >= 0.3 is 6.01 Å². The lowest BCUT2D eigenvalue weighted by atomic mass is 9.85. The van der Waals surface area contributed by atoms with Crippen LogP contribution in [0, 0.1) is 18.8 Å². The number of benzene rings is 1. The van der Waals surface area contributed by atoms with Crippen molar-refractivity contribution in [3.8, 4) is 11.8 Å². The third kappa shape index (κ3) is 5.02. The van der Waals surface area contributed by atoms with Gasteiger partial charge in [0, 0.05) is 24.5 Å². The van der Waals surface area contributed by atoms with E-state index in [1.54, 1.807) is 18.5 Å². The maximum Gasteiger partial charge on any atom is 0.321 e. The van der Waals surface area contributed by atoms with Crippen LogP contribution in [0.15, 0.2) is 36.7 Å². The lowest BCUT2D eigenvalue weighted by molar-refractivity contribution is -0.117. The highest BCUT2D eigenvalue weighted by molar-refractivity contribution is 5.91. The average molecular weight is 354 g/mol. The maximum atomic E-state index is 12.4. The van der Waals surface area contributed by atoms with Crippen molar-refractivity contribution in [3.63, 3.8) is 0 Å². The first kappa shape index (κ1) is 18.3. The number of carbonyl (C=O) groups excluding carboxylic acids is 1. The minimum absolute atomic E-state index is 0.0613. The van der Waals surface area contributed by atoms with Gasteiger partial charge in [0.15, 0.2) is 0 Å². The molecule has 1 aromatic heterocycles. The molecule has 6 nitrogen and oxygen atoms in total. The summed E-state index contributed by atoms with van der Waals surface area (Å²) in [6.07, 6.45) is 6.21. The van der Waals surface area contributed by atoms with Crippen LogP contribution in [0.1, 0.15) is 31.7 Å². The van der Waals surface area contributed by atoms with Crippen LogP contribution < -0.4 is 15.4 Å². The Kier molecular flexibility index (Phi) is 6.17. The number of hydrogen-bond acceptors (Lipinski definition) is 5. The summed E-state index contributed by atoms with van der Waals surface area (Å²) in [4.78, 5) is 20.5. The van der Waals surface area contributed by atoms with Gasteiger partial charge in [-0.05, 0) is 74.5 Å². The molecular formula is C20H26N4O2. The Labute approximate surface area is 154 Å². The number of nitrogens with zero attached hydrogens (tertiary/aromatic N) is 2. The molecule has 0 spiro atoms. The molecule has 1 aliphatic rings. The third-order valence-corrected chi connectivity index (χ3v) is 4.87. The van der Waals surface area contributed by atoms with E-state index in [4.69, 9.17) is 4.74 Å². The van der Waals surface area contributed by atoms with Crippen LogP contribution in [0.25, 0.3) is 0 Å². The van der Waals surface area contributed by atoms with Crippen LogP contribution in [-0.4, -0.2) is 29.0 Å². The van der Waals surface area contributed by atoms with Crippen LogP contribution in [-0.2, 0) is 4.79 Å². The van der Waals surface area contributed by atoms with Gasteiger partial charge in [0.2, 0.25) is 5.91 Å². The quantitative estimate of drug-likeness (QED) is 0.830. The van der Waals surface area contributed by atoms with Gasteiger partial charge in [-0.1, -0.05) is 6.92 Å². The molecule has 0 aliphatic carbocycles. The van der Waals surface area contributed by atoms with Gasteiger partial charge < -0.3 is 15.4 Å². The Bertz CT molecular complexity index is 730. The van der Waals surface area contributed by atoms with E-state index in [9.17, 15) is 4.79 Å². The Morgan fingerprint density at radius 3 is 2.88 bits per heavy atom. The van der Waals surface area contributed by atoms with Gasteiger partial charge in [-0.3, -0.25) is 4.79 Å².